The summed E-state index contributed by atoms with van der Waals surface area (Å²) in [7, 11) is 0. The summed E-state index contributed by atoms with van der Waals surface area (Å²) >= 11 is 0. The summed E-state index contributed by atoms with van der Waals surface area (Å²) in [5, 5.41) is 6.30. The summed E-state index contributed by atoms with van der Waals surface area (Å²) in [6.45, 7) is 6.58. The zero-order valence-electron chi connectivity index (χ0n) is 11.2. The van der Waals surface area contributed by atoms with E-state index in [9.17, 15) is 4.79 Å². The molecule has 2 rings (SSSR count). The standard InChI is InChI=1S/C14H22N2O2/c1-14(2,12-6-4-8-18-12)10-16-13(17)11-5-3-7-15-9-11/h4,6,8,11,15H,3,5,7,9-10H2,1-2H3,(H,16,17). The van der Waals surface area contributed by atoms with Crippen LogP contribution in [-0.4, -0.2) is 25.5 Å². The molecule has 1 unspecified atom stereocenters. The van der Waals surface area contributed by atoms with Crippen LogP contribution in [0.1, 0.15) is 32.4 Å². The van der Waals surface area contributed by atoms with Gasteiger partial charge in [0.1, 0.15) is 5.76 Å². The van der Waals surface area contributed by atoms with Crippen LogP contribution in [0.4, 0.5) is 0 Å². The van der Waals surface area contributed by atoms with E-state index in [0.717, 1.165) is 31.7 Å². The molecule has 4 heteroatoms. The number of carbonyl (C=O) groups excluding carboxylic acids is 1. The van der Waals surface area contributed by atoms with Gasteiger partial charge in [-0.05, 0) is 31.5 Å². The molecule has 0 spiro atoms. The van der Waals surface area contributed by atoms with Gasteiger partial charge in [-0.15, -0.1) is 0 Å². The van der Waals surface area contributed by atoms with E-state index < -0.39 is 0 Å². The molecule has 0 aromatic carbocycles. The Hall–Kier alpha value is -1.29. The maximum Gasteiger partial charge on any atom is 0.224 e. The minimum Gasteiger partial charge on any atom is -0.469 e. The third kappa shape index (κ3) is 3.13. The van der Waals surface area contributed by atoms with E-state index in [0.29, 0.717) is 6.54 Å². The minimum atomic E-state index is -0.165. The second kappa shape index (κ2) is 5.57. The van der Waals surface area contributed by atoms with Gasteiger partial charge in [-0.1, -0.05) is 13.8 Å². The van der Waals surface area contributed by atoms with Crippen LogP contribution in [0.3, 0.4) is 0 Å². The van der Waals surface area contributed by atoms with Gasteiger partial charge in [0, 0.05) is 18.5 Å². The predicted octanol–water partition coefficient (Wildman–Crippen LogP) is 1.67. The van der Waals surface area contributed by atoms with Gasteiger partial charge in [-0.3, -0.25) is 4.79 Å². The lowest BCUT2D eigenvalue weighted by Crippen LogP contribution is -2.44. The Labute approximate surface area is 108 Å². The van der Waals surface area contributed by atoms with E-state index in [-0.39, 0.29) is 17.2 Å². The lowest BCUT2D eigenvalue weighted by molar-refractivity contribution is -0.125. The average Bonchev–Trinajstić information content (AvgIpc) is 2.92. The fraction of sp³-hybridized carbons (Fsp3) is 0.643. The number of furan rings is 1. The number of rotatable bonds is 4. The van der Waals surface area contributed by atoms with Crippen LogP contribution in [0.25, 0.3) is 0 Å². The molecule has 1 amide bonds. The lowest BCUT2D eigenvalue weighted by Gasteiger charge is -2.26. The van der Waals surface area contributed by atoms with Crippen molar-refractivity contribution in [1.29, 1.82) is 0 Å². The maximum atomic E-state index is 12.0. The maximum absolute atomic E-state index is 12.0. The zero-order valence-corrected chi connectivity index (χ0v) is 11.2. The van der Waals surface area contributed by atoms with Crippen molar-refractivity contribution in [3.8, 4) is 0 Å². The number of carbonyl (C=O) groups is 1. The first kappa shape index (κ1) is 13.1. The van der Waals surface area contributed by atoms with Crippen molar-refractivity contribution in [1.82, 2.24) is 10.6 Å². The molecule has 0 saturated carbocycles. The summed E-state index contributed by atoms with van der Waals surface area (Å²) < 4.78 is 5.41. The summed E-state index contributed by atoms with van der Waals surface area (Å²) in [5.41, 5.74) is -0.165. The molecule has 0 radical (unpaired) electrons. The smallest absolute Gasteiger partial charge is 0.224 e. The van der Waals surface area contributed by atoms with Crippen molar-refractivity contribution in [2.75, 3.05) is 19.6 Å². The molecule has 1 atom stereocenters. The predicted molar refractivity (Wildman–Crippen MR) is 70.3 cm³/mol. The monoisotopic (exact) mass is 250 g/mol. The number of piperidine rings is 1. The van der Waals surface area contributed by atoms with Crippen LogP contribution >= 0.6 is 0 Å². The normalized spacial score (nSPS) is 20.7. The summed E-state index contributed by atoms with van der Waals surface area (Å²) in [6, 6.07) is 3.83. The fourth-order valence-corrected chi connectivity index (χ4v) is 2.28. The Balaban J connectivity index is 1.85. The molecule has 1 aliphatic rings. The quantitative estimate of drug-likeness (QED) is 0.854. The average molecular weight is 250 g/mol. The molecule has 100 valence electrons. The van der Waals surface area contributed by atoms with Crippen LogP contribution in [0, 0.1) is 5.92 Å². The molecular weight excluding hydrogens is 228 g/mol. The van der Waals surface area contributed by atoms with E-state index in [2.05, 4.69) is 24.5 Å². The van der Waals surface area contributed by atoms with Gasteiger partial charge in [0.2, 0.25) is 5.91 Å². The van der Waals surface area contributed by atoms with Crippen molar-refractivity contribution in [3.05, 3.63) is 24.2 Å². The summed E-state index contributed by atoms with van der Waals surface area (Å²) in [6.07, 6.45) is 3.74. The second-order valence-electron chi connectivity index (χ2n) is 5.62. The van der Waals surface area contributed by atoms with E-state index in [1.807, 2.05) is 12.1 Å². The SMILES string of the molecule is CC(C)(CNC(=O)C1CCCNC1)c1ccco1. The Morgan fingerprint density at radius 2 is 2.44 bits per heavy atom. The first-order chi connectivity index (χ1) is 8.59. The van der Waals surface area contributed by atoms with Gasteiger partial charge in [0.05, 0.1) is 12.2 Å². The molecule has 4 nitrogen and oxygen atoms in total. The Bertz CT molecular complexity index is 379. The summed E-state index contributed by atoms with van der Waals surface area (Å²) in [5.74, 6) is 1.18. The highest BCUT2D eigenvalue weighted by molar-refractivity contribution is 5.79. The first-order valence-electron chi connectivity index (χ1n) is 6.62. The van der Waals surface area contributed by atoms with Crippen molar-refractivity contribution < 1.29 is 9.21 Å². The number of nitrogens with one attached hydrogen (secondary N) is 2. The van der Waals surface area contributed by atoms with Gasteiger partial charge in [0.25, 0.3) is 0 Å². The second-order valence-corrected chi connectivity index (χ2v) is 5.62. The van der Waals surface area contributed by atoms with Crippen LogP contribution in [0.5, 0.6) is 0 Å². The Kier molecular flexibility index (Phi) is 4.07. The molecular formula is C14H22N2O2. The summed E-state index contributed by atoms with van der Waals surface area (Å²) in [4.78, 5) is 12.0. The van der Waals surface area contributed by atoms with Gasteiger partial charge in [-0.25, -0.2) is 0 Å². The zero-order chi connectivity index (χ0) is 13.0. The van der Waals surface area contributed by atoms with Crippen LogP contribution in [0.2, 0.25) is 0 Å². The molecule has 2 heterocycles. The van der Waals surface area contributed by atoms with Gasteiger partial charge in [0.15, 0.2) is 0 Å². The highest BCUT2D eigenvalue weighted by Gasteiger charge is 2.27. The molecule has 0 aliphatic carbocycles. The molecule has 1 aromatic rings. The molecule has 1 aromatic heterocycles. The molecule has 1 saturated heterocycles. The lowest BCUT2D eigenvalue weighted by atomic mass is 9.89. The van der Waals surface area contributed by atoms with E-state index in [1.54, 1.807) is 6.26 Å². The van der Waals surface area contributed by atoms with E-state index in [4.69, 9.17) is 4.42 Å². The van der Waals surface area contributed by atoms with Crippen molar-refractivity contribution in [2.45, 2.75) is 32.1 Å². The molecule has 1 aliphatic heterocycles. The van der Waals surface area contributed by atoms with Crippen LogP contribution < -0.4 is 10.6 Å². The van der Waals surface area contributed by atoms with Gasteiger partial charge < -0.3 is 15.1 Å². The first-order valence-corrected chi connectivity index (χ1v) is 6.62. The van der Waals surface area contributed by atoms with Crippen LogP contribution in [0.15, 0.2) is 22.8 Å². The third-order valence-corrected chi connectivity index (χ3v) is 3.56. The largest absolute Gasteiger partial charge is 0.469 e. The highest BCUT2D eigenvalue weighted by atomic mass is 16.3. The molecule has 18 heavy (non-hydrogen) atoms. The Morgan fingerprint density at radius 3 is 3.06 bits per heavy atom. The number of hydrogen-bond acceptors (Lipinski definition) is 3. The molecule has 1 fully saturated rings. The number of amides is 1. The van der Waals surface area contributed by atoms with Gasteiger partial charge >= 0.3 is 0 Å². The molecule has 0 bridgehead atoms. The third-order valence-electron chi connectivity index (χ3n) is 3.56. The minimum absolute atomic E-state index is 0.117. The van der Waals surface area contributed by atoms with Crippen molar-refractivity contribution >= 4 is 5.91 Å². The van der Waals surface area contributed by atoms with Crippen molar-refractivity contribution in [3.63, 3.8) is 0 Å². The molecule has 2 N–H and O–H groups in total. The topological polar surface area (TPSA) is 54.3 Å². The van der Waals surface area contributed by atoms with Crippen LogP contribution in [-0.2, 0) is 10.2 Å². The fourth-order valence-electron chi connectivity index (χ4n) is 2.28. The van der Waals surface area contributed by atoms with Crippen molar-refractivity contribution in [2.24, 2.45) is 5.92 Å². The van der Waals surface area contributed by atoms with Gasteiger partial charge in [-0.2, -0.15) is 0 Å². The highest BCUT2D eigenvalue weighted by Crippen LogP contribution is 2.22. The van der Waals surface area contributed by atoms with E-state index >= 15 is 0 Å². The number of hydrogen-bond donors (Lipinski definition) is 2. The Morgan fingerprint density at radius 1 is 1.61 bits per heavy atom. The van der Waals surface area contributed by atoms with E-state index in [1.165, 1.54) is 0 Å².